The van der Waals surface area contributed by atoms with Gasteiger partial charge in [-0.05, 0) is 38.5 Å². The predicted octanol–water partition coefficient (Wildman–Crippen LogP) is 1.86. The highest BCUT2D eigenvalue weighted by Crippen LogP contribution is 2.19. The maximum absolute atomic E-state index is 12.1. The molecule has 1 fully saturated rings. The molecule has 0 atom stereocenters. The highest BCUT2D eigenvalue weighted by molar-refractivity contribution is 7.89. The maximum Gasteiger partial charge on any atom is 0.216 e. The van der Waals surface area contributed by atoms with Gasteiger partial charge in [-0.3, -0.25) is 0 Å². The van der Waals surface area contributed by atoms with E-state index in [0.717, 1.165) is 13.1 Å². The van der Waals surface area contributed by atoms with Crippen molar-refractivity contribution in [2.45, 2.75) is 26.0 Å². The molecule has 1 aliphatic heterocycles. The Hall–Kier alpha value is -1.07. The summed E-state index contributed by atoms with van der Waals surface area (Å²) in [6.07, 6.45) is 0. The first kappa shape index (κ1) is 14.3. The average Bonchev–Trinajstić information content (AvgIpc) is 2.38. The lowest BCUT2D eigenvalue weighted by molar-refractivity contribution is 0.381. The van der Waals surface area contributed by atoms with E-state index in [0.29, 0.717) is 13.1 Å². The van der Waals surface area contributed by atoms with Gasteiger partial charge in [0.1, 0.15) is 0 Å². The van der Waals surface area contributed by atoms with Crippen molar-refractivity contribution in [2.24, 2.45) is 0 Å². The Balaban J connectivity index is 2.04. The number of benzene rings is 1. The summed E-state index contributed by atoms with van der Waals surface area (Å²) in [6, 6.07) is 8.34. The molecule has 0 radical (unpaired) electrons. The van der Waals surface area contributed by atoms with Gasteiger partial charge in [-0.15, -0.1) is 0 Å². The first-order valence-corrected chi connectivity index (χ1v) is 8.22. The van der Waals surface area contributed by atoms with Gasteiger partial charge < -0.3 is 4.90 Å². The average molecular weight is 282 g/mol. The summed E-state index contributed by atoms with van der Waals surface area (Å²) in [5, 5.41) is -0.335. The van der Waals surface area contributed by atoms with E-state index in [9.17, 15) is 8.42 Å². The molecule has 0 spiro atoms. The van der Waals surface area contributed by atoms with E-state index in [1.54, 1.807) is 18.2 Å². The monoisotopic (exact) mass is 282 g/mol. The largest absolute Gasteiger partial charge is 0.369 e. The van der Waals surface area contributed by atoms with Gasteiger partial charge in [0.15, 0.2) is 0 Å². The van der Waals surface area contributed by atoms with E-state index in [1.165, 1.54) is 11.3 Å². The van der Waals surface area contributed by atoms with Crippen molar-refractivity contribution in [1.82, 2.24) is 4.31 Å². The van der Waals surface area contributed by atoms with Crippen LogP contribution in [0.1, 0.15) is 19.4 Å². The van der Waals surface area contributed by atoms with Crippen LogP contribution >= 0.6 is 0 Å². The van der Waals surface area contributed by atoms with E-state index in [-0.39, 0.29) is 5.25 Å². The standard InChI is InChI=1S/C14H22N2O2S/c1-12(2)19(17,18)16-9-7-15(8-10-16)14-6-4-5-13(3)11-14/h4-6,11-12H,7-10H2,1-3H3. The van der Waals surface area contributed by atoms with Crippen molar-refractivity contribution in [3.63, 3.8) is 0 Å². The first-order valence-electron chi connectivity index (χ1n) is 6.72. The fourth-order valence-electron chi connectivity index (χ4n) is 2.32. The van der Waals surface area contributed by atoms with Gasteiger partial charge in [0.25, 0.3) is 0 Å². The van der Waals surface area contributed by atoms with Crippen LogP contribution in [0.25, 0.3) is 0 Å². The lowest BCUT2D eigenvalue weighted by Gasteiger charge is -2.36. The summed E-state index contributed by atoms with van der Waals surface area (Å²) in [6.45, 7) is 8.22. The molecule has 106 valence electrons. The number of anilines is 1. The SMILES string of the molecule is Cc1cccc(N2CCN(S(=O)(=O)C(C)C)CC2)c1. The molecular weight excluding hydrogens is 260 g/mol. The van der Waals surface area contributed by atoms with Crippen LogP contribution in [0, 0.1) is 6.92 Å². The number of aryl methyl sites for hydroxylation is 1. The molecule has 0 unspecified atom stereocenters. The van der Waals surface area contributed by atoms with Crippen LogP contribution in [0.15, 0.2) is 24.3 Å². The predicted molar refractivity (Wildman–Crippen MR) is 79.0 cm³/mol. The zero-order valence-electron chi connectivity index (χ0n) is 11.8. The molecule has 19 heavy (non-hydrogen) atoms. The number of rotatable bonds is 3. The number of piperazine rings is 1. The molecule has 1 heterocycles. The Labute approximate surface area is 116 Å². The smallest absolute Gasteiger partial charge is 0.216 e. The van der Waals surface area contributed by atoms with Crippen LogP contribution < -0.4 is 4.90 Å². The third-order valence-corrected chi connectivity index (χ3v) is 5.84. The highest BCUT2D eigenvalue weighted by Gasteiger charge is 2.29. The molecule has 0 bridgehead atoms. The Morgan fingerprint density at radius 2 is 1.74 bits per heavy atom. The number of sulfonamides is 1. The number of nitrogens with zero attached hydrogens (tertiary/aromatic N) is 2. The fraction of sp³-hybridized carbons (Fsp3) is 0.571. The second-order valence-corrected chi connectivity index (χ2v) is 7.81. The van der Waals surface area contributed by atoms with Gasteiger partial charge in [0, 0.05) is 31.9 Å². The zero-order chi connectivity index (χ0) is 14.0. The highest BCUT2D eigenvalue weighted by atomic mass is 32.2. The summed E-state index contributed by atoms with van der Waals surface area (Å²) in [7, 11) is -3.11. The molecule has 0 N–H and O–H groups in total. The minimum Gasteiger partial charge on any atom is -0.369 e. The summed E-state index contributed by atoms with van der Waals surface area (Å²) < 4.78 is 25.8. The molecule has 0 amide bonds. The summed E-state index contributed by atoms with van der Waals surface area (Å²) >= 11 is 0. The second-order valence-electron chi connectivity index (χ2n) is 5.32. The molecule has 2 rings (SSSR count). The van der Waals surface area contributed by atoms with E-state index in [4.69, 9.17) is 0 Å². The second kappa shape index (κ2) is 5.51. The van der Waals surface area contributed by atoms with Crippen LogP contribution in [0.5, 0.6) is 0 Å². The zero-order valence-corrected chi connectivity index (χ0v) is 12.7. The number of hydrogen-bond donors (Lipinski definition) is 0. The molecule has 1 aromatic rings. The molecular formula is C14H22N2O2S. The molecule has 0 aliphatic carbocycles. The normalized spacial score (nSPS) is 18.0. The minimum absolute atomic E-state index is 0.335. The van der Waals surface area contributed by atoms with Gasteiger partial charge in [-0.2, -0.15) is 4.31 Å². The fourth-order valence-corrected chi connectivity index (χ4v) is 3.59. The molecule has 1 aromatic carbocycles. The lowest BCUT2D eigenvalue weighted by Crippen LogP contribution is -2.50. The van der Waals surface area contributed by atoms with Gasteiger partial charge in [-0.1, -0.05) is 12.1 Å². The number of hydrogen-bond acceptors (Lipinski definition) is 3. The molecule has 1 saturated heterocycles. The quantitative estimate of drug-likeness (QED) is 0.849. The van der Waals surface area contributed by atoms with Crippen LogP contribution in [0.3, 0.4) is 0 Å². The van der Waals surface area contributed by atoms with Crippen LogP contribution in [-0.2, 0) is 10.0 Å². The molecule has 1 aliphatic rings. The summed E-state index contributed by atoms with van der Waals surface area (Å²) in [5.41, 5.74) is 2.41. The van der Waals surface area contributed by atoms with E-state index < -0.39 is 10.0 Å². The summed E-state index contributed by atoms with van der Waals surface area (Å²) in [4.78, 5) is 2.25. The minimum atomic E-state index is -3.11. The van der Waals surface area contributed by atoms with E-state index >= 15 is 0 Å². The Kier molecular flexibility index (Phi) is 4.16. The van der Waals surface area contributed by atoms with Gasteiger partial charge in [0.05, 0.1) is 5.25 Å². The summed E-state index contributed by atoms with van der Waals surface area (Å²) in [5.74, 6) is 0. The van der Waals surface area contributed by atoms with E-state index in [1.807, 2.05) is 6.07 Å². The van der Waals surface area contributed by atoms with Crippen LogP contribution in [0.2, 0.25) is 0 Å². The van der Waals surface area contributed by atoms with Gasteiger partial charge in [0.2, 0.25) is 10.0 Å². The lowest BCUT2D eigenvalue weighted by atomic mass is 10.2. The molecule has 0 saturated carbocycles. The van der Waals surface area contributed by atoms with Crippen molar-refractivity contribution in [3.8, 4) is 0 Å². The topological polar surface area (TPSA) is 40.6 Å². The van der Waals surface area contributed by atoms with Crippen molar-refractivity contribution < 1.29 is 8.42 Å². The molecule has 4 nitrogen and oxygen atoms in total. The first-order chi connectivity index (χ1) is 8.91. The van der Waals surface area contributed by atoms with Gasteiger partial charge >= 0.3 is 0 Å². The maximum atomic E-state index is 12.1. The van der Waals surface area contributed by atoms with Crippen LogP contribution in [-0.4, -0.2) is 44.2 Å². The molecule has 5 heteroatoms. The Morgan fingerprint density at radius 1 is 1.11 bits per heavy atom. The third kappa shape index (κ3) is 3.09. The van der Waals surface area contributed by atoms with Crippen molar-refractivity contribution in [2.75, 3.05) is 31.1 Å². The van der Waals surface area contributed by atoms with Crippen molar-refractivity contribution in [3.05, 3.63) is 29.8 Å². The van der Waals surface area contributed by atoms with E-state index in [2.05, 4.69) is 30.0 Å². The Bertz CT molecular complexity index is 532. The van der Waals surface area contributed by atoms with Crippen LogP contribution in [0.4, 0.5) is 5.69 Å². The van der Waals surface area contributed by atoms with Crippen molar-refractivity contribution in [1.29, 1.82) is 0 Å². The van der Waals surface area contributed by atoms with Gasteiger partial charge in [-0.25, -0.2) is 8.42 Å². The Morgan fingerprint density at radius 3 is 2.26 bits per heavy atom. The van der Waals surface area contributed by atoms with Crippen molar-refractivity contribution >= 4 is 15.7 Å². The third-order valence-electron chi connectivity index (χ3n) is 3.56. The molecule has 0 aromatic heterocycles.